The summed E-state index contributed by atoms with van der Waals surface area (Å²) in [5, 5.41) is 0. The van der Waals surface area contributed by atoms with E-state index >= 15 is 0 Å². The summed E-state index contributed by atoms with van der Waals surface area (Å²) in [5.41, 5.74) is 9.99. The number of benzene rings is 1. The van der Waals surface area contributed by atoms with Gasteiger partial charge in [0.1, 0.15) is 0 Å². The molecule has 0 spiro atoms. The van der Waals surface area contributed by atoms with E-state index in [9.17, 15) is 0 Å². The highest BCUT2D eigenvalue weighted by Crippen LogP contribution is 2.21. The lowest BCUT2D eigenvalue weighted by Crippen LogP contribution is -2.31. The van der Waals surface area contributed by atoms with Crippen LogP contribution in [0.2, 0.25) is 0 Å². The predicted molar refractivity (Wildman–Crippen MR) is 91.7 cm³/mol. The van der Waals surface area contributed by atoms with Crippen molar-refractivity contribution in [3.63, 3.8) is 0 Å². The maximum Gasteiger partial charge on any atom is 0.219 e. The average molecular weight is 318 g/mol. The molecule has 2 N–H and O–H groups in total. The van der Waals surface area contributed by atoms with Crippen molar-refractivity contribution in [2.45, 2.75) is 19.5 Å². The second-order valence-corrected chi connectivity index (χ2v) is 5.94. The molecule has 6 nitrogen and oxygen atoms in total. The van der Waals surface area contributed by atoms with Crippen LogP contribution in [0.5, 0.6) is 0 Å². The molecule has 0 amide bonds. The molecule has 3 heterocycles. The van der Waals surface area contributed by atoms with E-state index in [4.69, 9.17) is 10.7 Å². The molecule has 0 saturated heterocycles. The van der Waals surface area contributed by atoms with E-state index in [1.54, 1.807) is 12.4 Å². The van der Waals surface area contributed by atoms with Gasteiger partial charge in [-0.3, -0.25) is 4.90 Å². The van der Waals surface area contributed by atoms with E-state index in [0.29, 0.717) is 5.95 Å². The van der Waals surface area contributed by atoms with Crippen LogP contribution >= 0.6 is 0 Å². The first kappa shape index (κ1) is 14.7. The van der Waals surface area contributed by atoms with Gasteiger partial charge >= 0.3 is 0 Å². The molecule has 0 fully saturated rings. The van der Waals surface area contributed by atoms with Crippen molar-refractivity contribution in [3.05, 3.63) is 65.7 Å². The van der Waals surface area contributed by atoms with Crippen LogP contribution in [0.15, 0.2) is 48.9 Å². The number of nitrogen functional groups attached to an aromatic ring is 1. The second kappa shape index (κ2) is 6.33. The molecule has 24 heavy (non-hydrogen) atoms. The van der Waals surface area contributed by atoms with Crippen LogP contribution in [-0.2, 0) is 19.5 Å². The number of aromatic nitrogens is 4. The number of rotatable bonds is 3. The Bertz CT molecular complexity index is 832. The third-order valence-electron chi connectivity index (χ3n) is 4.18. The van der Waals surface area contributed by atoms with Crippen LogP contribution in [0.3, 0.4) is 0 Å². The first-order valence-electron chi connectivity index (χ1n) is 7.97. The van der Waals surface area contributed by atoms with Crippen molar-refractivity contribution in [1.29, 1.82) is 0 Å². The van der Waals surface area contributed by atoms with E-state index in [-0.39, 0.29) is 0 Å². The molecule has 120 valence electrons. The van der Waals surface area contributed by atoms with E-state index in [1.165, 1.54) is 5.56 Å². The average Bonchev–Trinajstić information content (AvgIpc) is 2.64. The summed E-state index contributed by atoms with van der Waals surface area (Å²) in [6.45, 7) is 2.61. The first-order valence-corrected chi connectivity index (χ1v) is 7.97. The number of nitrogens with zero attached hydrogens (tertiary/aromatic N) is 5. The molecule has 1 aliphatic heterocycles. The molecule has 3 aromatic rings. The Balaban J connectivity index is 1.50. The van der Waals surface area contributed by atoms with Gasteiger partial charge in [0, 0.05) is 61.3 Å². The summed E-state index contributed by atoms with van der Waals surface area (Å²) in [6, 6.07) is 10.1. The molecule has 0 unspecified atom stereocenters. The smallest absolute Gasteiger partial charge is 0.219 e. The maximum absolute atomic E-state index is 5.53. The first-order chi connectivity index (χ1) is 11.8. The lowest BCUT2D eigenvalue weighted by atomic mass is 10.1. The SMILES string of the molecule is Nc1ncc(CN2CCc3nc(-c4ccccc4)ncc3C2)cn1. The summed E-state index contributed by atoms with van der Waals surface area (Å²) in [4.78, 5) is 19.7. The van der Waals surface area contributed by atoms with Crippen LogP contribution in [0.1, 0.15) is 16.8 Å². The van der Waals surface area contributed by atoms with Gasteiger partial charge in [-0.15, -0.1) is 0 Å². The van der Waals surface area contributed by atoms with Gasteiger partial charge in [-0.2, -0.15) is 0 Å². The van der Waals surface area contributed by atoms with Crippen LogP contribution in [0, 0.1) is 0 Å². The number of hydrogen-bond donors (Lipinski definition) is 1. The Labute approximate surface area is 140 Å². The van der Waals surface area contributed by atoms with Crippen molar-refractivity contribution in [1.82, 2.24) is 24.8 Å². The van der Waals surface area contributed by atoms with Crippen molar-refractivity contribution in [2.75, 3.05) is 12.3 Å². The highest BCUT2D eigenvalue weighted by Gasteiger charge is 2.19. The highest BCUT2D eigenvalue weighted by molar-refractivity contribution is 5.54. The molecule has 2 aromatic heterocycles. The molecule has 0 bridgehead atoms. The van der Waals surface area contributed by atoms with Gasteiger partial charge < -0.3 is 5.73 Å². The zero-order valence-electron chi connectivity index (χ0n) is 13.3. The zero-order chi connectivity index (χ0) is 16.4. The molecule has 1 aromatic carbocycles. The number of hydrogen-bond acceptors (Lipinski definition) is 6. The molecular formula is C18H18N6. The van der Waals surface area contributed by atoms with E-state index in [1.807, 2.05) is 36.5 Å². The fourth-order valence-corrected chi connectivity index (χ4v) is 2.94. The summed E-state index contributed by atoms with van der Waals surface area (Å²) in [7, 11) is 0. The van der Waals surface area contributed by atoms with E-state index in [2.05, 4.69) is 19.9 Å². The van der Waals surface area contributed by atoms with Crippen molar-refractivity contribution < 1.29 is 0 Å². The predicted octanol–water partition coefficient (Wildman–Crippen LogP) is 2.07. The third-order valence-corrected chi connectivity index (χ3v) is 4.18. The van der Waals surface area contributed by atoms with Crippen molar-refractivity contribution >= 4 is 5.95 Å². The molecule has 0 atom stereocenters. The van der Waals surface area contributed by atoms with E-state index < -0.39 is 0 Å². The van der Waals surface area contributed by atoms with Gasteiger partial charge in [0.2, 0.25) is 5.95 Å². The van der Waals surface area contributed by atoms with Gasteiger partial charge in [0.25, 0.3) is 0 Å². The number of nitrogens with two attached hydrogens (primary N) is 1. The minimum atomic E-state index is 0.310. The van der Waals surface area contributed by atoms with Gasteiger partial charge in [0.15, 0.2) is 5.82 Å². The lowest BCUT2D eigenvalue weighted by Gasteiger charge is -2.27. The third kappa shape index (κ3) is 3.09. The summed E-state index contributed by atoms with van der Waals surface area (Å²) < 4.78 is 0. The van der Waals surface area contributed by atoms with Gasteiger partial charge in [0.05, 0.1) is 5.69 Å². The van der Waals surface area contributed by atoms with E-state index in [0.717, 1.165) is 48.7 Å². The van der Waals surface area contributed by atoms with Crippen LogP contribution in [-0.4, -0.2) is 31.4 Å². The van der Waals surface area contributed by atoms with Crippen molar-refractivity contribution in [3.8, 4) is 11.4 Å². The molecule has 0 aliphatic carbocycles. The minimum Gasteiger partial charge on any atom is -0.368 e. The molecule has 0 saturated carbocycles. The van der Waals surface area contributed by atoms with Gasteiger partial charge in [-0.25, -0.2) is 19.9 Å². The number of fused-ring (bicyclic) bond motifs is 1. The Kier molecular flexibility index (Phi) is 3.88. The van der Waals surface area contributed by atoms with Gasteiger partial charge in [-0.05, 0) is 0 Å². The minimum absolute atomic E-state index is 0.310. The van der Waals surface area contributed by atoms with Crippen LogP contribution in [0.4, 0.5) is 5.95 Å². The molecule has 4 rings (SSSR count). The highest BCUT2D eigenvalue weighted by atomic mass is 15.1. The fraction of sp³-hybridized carbons (Fsp3) is 0.222. The quantitative estimate of drug-likeness (QED) is 0.796. The number of anilines is 1. The second-order valence-electron chi connectivity index (χ2n) is 5.94. The summed E-state index contributed by atoms with van der Waals surface area (Å²) in [5.74, 6) is 1.11. The normalized spacial score (nSPS) is 14.3. The van der Waals surface area contributed by atoms with Crippen LogP contribution in [0.25, 0.3) is 11.4 Å². The molecule has 0 radical (unpaired) electrons. The largest absolute Gasteiger partial charge is 0.368 e. The maximum atomic E-state index is 5.53. The standard InChI is InChI=1S/C18H18N6/c19-18-21-8-13(9-22-18)11-24-7-6-16-15(12-24)10-20-17(23-16)14-4-2-1-3-5-14/h1-5,8-10H,6-7,11-12H2,(H2,19,21,22). The van der Waals surface area contributed by atoms with Gasteiger partial charge in [-0.1, -0.05) is 30.3 Å². The zero-order valence-corrected chi connectivity index (χ0v) is 13.3. The molecule has 1 aliphatic rings. The van der Waals surface area contributed by atoms with Crippen LogP contribution < -0.4 is 5.73 Å². The molecule has 6 heteroatoms. The summed E-state index contributed by atoms with van der Waals surface area (Å²) in [6.07, 6.45) is 6.45. The topological polar surface area (TPSA) is 80.8 Å². The summed E-state index contributed by atoms with van der Waals surface area (Å²) >= 11 is 0. The Morgan fingerprint density at radius 3 is 2.58 bits per heavy atom. The fourth-order valence-electron chi connectivity index (χ4n) is 2.94. The van der Waals surface area contributed by atoms with Crippen molar-refractivity contribution in [2.24, 2.45) is 0 Å². The lowest BCUT2D eigenvalue weighted by molar-refractivity contribution is 0.242. The Hall–Kier alpha value is -2.86. The Morgan fingerprint density at radius 1 is 1.00 bits per heavy atom. The Morgan fingerprint density at radius 2 is 1.79 bits per heavy atom. The molecular weight excluding hydrogens is 300 g/mol. The monoisotopic (exact) mass is 318 g/mol.